The number of nitrogens with one attached hydrogen (secondary N) is 2. The zero-order valence-electron chi connectivity index (χ0n) is 10.0. The molecule has 1 aromatic heterocycles. The third-order valence-electron chi connectivity index (χ3n) is 2.63. The molecule has 0 spiro atoms. The van der Waals surface area contributed by atoms with E-state index in [9.17, 15) is 9.59 Å². The fraction of sp³-hybridized carbons (Fsp3) is 0.231. The molecule has 0 saturated carbocycles. The highest BCUT2D eigenvalue weighted by atomic mass is 16.5. The molecule has 94 valence electrons. The lowest BCUT2D eigenvalue weighted by atomic mass is 10.1. The molecule has 1 aromatic carbocycles. The van der Waals surface area contributed by atoms with Crippen LogP contribution in [0.3, 0.4) is 0 Å². The summed E-state index contributed by atoms with van der Waals surface area (Å²) in [6, 6.07) is 7.16. The maximum atomic E-state index is 11.7. The van der Waals surface area contributed by atoms with E-state index in [1.807, 2.05) is 18.3 Å². The fourth-order valence-corrected chi connectivity index (χ4v) is 1.63. The normalized spacial score (nSPS) is 10.3. The molecule has 0 fully saturated rings. The number of aromatic nitrogens is 1. The lowest BCUT2D eigenvalue weighted by molar-refractivity contribution is -0.121. The van der Waals surface area contributed by atoms with Gasteiger partial charge in [0.05, 0.1) is 12.0 Å². The summed E-state index contributed by atoms with van der Waals surface area (Å²) in [5, 5.41) is 3.42. The summed E-state index contributed by atoms with van der Waals surface area (Å²) in [6.45, 7) is 0.0870. The van der Waals surface area contributed by atoms with Crippen molar-refractivity contribution in [3.8, 4) is 0 Å². The van der Waals surface area contributed by atoms with Crippen LogP contribution in [0.1, 0.15) is 16.8 Å². The molecule has 2 rings (SSSR count). The van der Waals surface area contributed by atoms with Gasteiger partial charge in [-0.05, 0) is 24.3 Å². The maximum Gasteiger partial charge on any atom is 0.338 e. The molecule has 0 unspecified atom stereocenters. The minimum Gasteiger partial charge on any atom is -0.462 e. The van der Waals surface area contributed by atoms with Gasteiger partial charge in [0.2, 0.25) is 5.91 Å². The average molecular weight is 246 g/mol. The van der Waals surface area contributed by atoms with E-state index in [4.69, 9.17) is 4.74 Å². The molecule has 0 aliphatic carbocycles. The van der Waals surface area contributed by atoms with Gasteiger partial charge in [0.25, 0.3) is 0 Å². The van der Waals surface area contributed by atoms with E-state index in [0.29, 0.717) is 5.56 Å². The molecular formula is C13H14N2O3. The number of amides is 1. The number of benzene rings is 1. The first kappa shape index (κ1) is 12.2. The molecule has 0 saturated heterocycles. The Hall–Kier alpha value is -2.30. The van der Waals surface area contributed by atoms with Crippen LogP contribution in [0.2, 0.25) is 0 Å². The van der Waals surface area contributed by atoms with Crippen molar-refractivity contribution in [2.45, 2.75) is 6.42 Å². The second-order valence-corrected chi connectivity index (χ2v) is 3.84. The number of rotatable bonds is 4. The molecule has 2 aromatic rings. The number of carbonyl (C=O) groups excluding carboxylic acids is 2. The third-order valence-corrected chi connectivity index (χ3v) is 2.63. The first-order valence-electron chi connectivity index (χ1n) is 5.65. The van der Waals surface area contributed by atoms with Gasteiger partial charge in [-0.3, -0.25) is 4.79 Å². The number of esters is 1. The first-order valence-corrected chi connectivity index (χ1v) is 5.65. The van der Waals surface area contributed by atoms with Crippen LogP contribution in [0.25, 0.3) is 10.9 Å². The van der Waals surface area contributed by atoms with E-state index in [2.05, 4.69) is 10.3 Å². The molecule has 0 aliphatic heterocycles. The Morgan fingerprint density at radius 2 is 2.17 bits per heavy atom. The number of carbonyl (C=O) groups is 2. The summed E-state index contributed by atoms with van der Waals surface area (Å²) in [5.41, 5.74) is 1.45. The second kappa shape index (κ2) is 5.35. The molecule has 0 aliphatic rings. The van der Waals surface area contributed by atoms with Crippen LogP contribution in [0.15, 0.2) is 30.5 Å². The number of hydrogen-bond donors (Lipinski definition) is 2. The monoisotopic (exact) mass is 246 g/mol. The molecule has 1 amide bonds. The van der Waals surface area contributed by atoms with Crippen molar-refractivity contribution in [3.63, 3.8) is 0 Å². The van der Waals surface area contributed by atoms with Crippen LogP contribution in [0.5, 0.6) is 0 Å². The largest absolute Gasteiger partial charge is 0.462 e. The van der Waals surface area contributed by atoms with Crippen molar-refractivity contribution in [2.24, 2.45) is 0 Å². The van der Waals surface area contributed by atoms with Crippen LogP contribution >= 0.6 is 0 Å². The minimum atomic E-state index is -0.415. The van der Waals surface area contributed by atoms with Crippen molar-refractivity contribution in [2.75, 3.05) is 13.7 Å². The maximum absolute atomic E-state index is 11.7. The summed E-state index contributed by atoms with van der Waals surface area (Å²) in [6.07, 6.45) is 1.99. The van der Waals surface area contributed by atoms with Crippen LogP contribution in [-0.2, 0) is 9.53 Å². The lowest BCUT2D eigenvalue weighted by Crippen LogP contribution is -2.20. The van der Waals surface area contributed by atoms with Gasteiger partial charge in [-0.2, -0.15) is 0 Å². The number of hydrogen-bond acceptors (Lipinski definition) is 3. The van der Waals surface area contributed by atoms with Crippen molar-refractivity contribution < 1.29 is 14.3 Å². The molecule has 18 heavy (non-hydrogen) atoms. The summed E-state index contributed by atoms with van der Waals surface area (Å²) < 4.78 is 5.02. The number of ether oxygens (including phenoxy) is 1. The van der Waals surface area contributed by atoms with Crippen LogP contribution in [0, 0.1) is 0 Å². The molecule has 5 heteroatoms. The minimum absolute atomic E-state index is 0.0870. The van der Waals surface area contributed by atoms with E-state index in [0.717, 1.165) is 10.9 Å². The highest BCUT2D eigenvalue weighted by Gasteiger charge is 2.09. The highest BCUT2D eigenvalue weighted by Crippen LogP contribution is 2.14. The van der Waals surface area contributed by atoms with Gasteiger partial charge in [0.15, 0.2) is 0 Å². The van der Waals surface area contributed by atoms with Gasteiger partial charge in [-0.15, -0.1) is 0 Å². The summed E-state index contributed by atoms with van der Waals surface area (Å²) >= 11 is 0. The lowest BCUT2D eigenvalue weighted by Gasteiger charge is -2.04. The summed E-state index contributed by atoms with van der Waals surface area (Å²) in [7, 11) is 1.55. The van der Waals surface area contributed by atoms with E-state index in [1.165, 1.54) is 0 Å². The molecule has 0 atom stereocenters. The highest BCUT2D eigenvalue weighted by molar-refractivity contribution is 5.94. The van der Waals surface area contributed by atoms with Gasteiger partial charge < -0.3 is 15.0 Å². The van der Waals surface area contributed by atoms with E-state index >= 15 is 0 Å². The Bertz CT molecular complexity index is 574. The Balaban J connectivity index is 1.97. The van der Waals surface area contributed by atoms with Crippen molar-refractivity contribution >= 4 is 22.8 Å². The van der Waals surface area contributed by atoms with Crippen LogP contribution < -0.4 is 5.32 Å². The van der Waals surface area contributed by atoms with Crippen molar-refractivity contribution in [1.82, 2.24) is 10.3 Å². The van der Waals surface area contributed by atoms with Gasteiger partial charge in [-0.1, -0.05) is 0 Å². The Labute approximate surface area is 104 Å². The Morgan fingerprint density at radius 3 is 2.94 bits per heavy atom. The number of aromatic amines is 1. The van der Waals surface area contributed by atoms with Gasteiger partial charge >= 0.3 is 5.97 Å². The third kappa shape index (κ3) is 2.68. The van der Waals surface area contributed by atoms with Crippen molar-refractivity contribution in [3.05, 3.63) is 36.0 Å². The van der Waals surface area contributed by atoms with E-state index in [1.54, 1.807) is 19.2 Å². The van der Waals surface area contributed by atoms with E-state index in [-0.39, 0.29) is 18.9 Å². The van der Waals surface area contributed by atoms with Crippen molar-refractivity contribution in [1.29, 1.82) is 0 Å². The molecule has 0 bridgehead atoms. The van der Waals surface area contributed by atoms with Gasteiger partial charge in [0.1, 0.15) is 6.61 Å². The fourth-order valence-electron chi connectivity index (χ4n) is 1.63. The quantitative estimate of drug-likeness (QED) is 0.802. The topological polar surface area (TPSA) is 71.2 Å². The second-order valence-electron chi connectivity index (χ2n) is 3.84. The summed E-state index contributed by atoms with van der Waals surface area (Å²) in [4.78, 5) is 25.7. The standard InChI is InChI=1S/C13H14N2O3/c1-14-12(16)5-7-18-13(17)10-2-3-11-9(8-10)4-6-15-11/h2-4,6,8,15H,5,7H2,1H3,(H,14,16). The number of fused-ring (bicyclic) bond motifs is 1. The zero-order valence-corrected chi connectivity index (χ0v) is 10.0. The Kier molecular flexibility index (Phi) is 3.62. The molecule has 5 nitrogen and oxygen atoms in total. The smallest absolute Gasteiger partial charge is 0.338 e. The van der Waals surface area contributed by atoms with Gasteiger partial charge in [-0.25, -0.2) is 4.79 Å². The Morgan fingerprint density at radius 1 is 1.33 bits per heavy atom. The van der Waals surface area contributed by atoms with Gasteiger partial charge in [0, 0.05) is 24.1 Å². The molecule has 0 radical (unpaired) electrons. The first-order chi connectivity index (χ1) is 8.70. The molecular weight excluding hydrogens is 232 g/mol. The average Bonchev–Trinajstić information content (AvgIpc) is 2.85. The number of H-pyrrole nitrogens is 1. The zero-order chi connectivity index (χ0) is 13.0. The molecule has 2 N–H and O–H groups in total. The van der Waals surface area contributed by atoms with Crippen LogP contribution in [-0.4, -0.2) is 30.5 Å². The van der Waals surface area contributed by atoms with E-state index < -0.39 is 5.97 Å². The summed E-state index contributed by atoms with van der Waals surface area (Å²) in [5.74, 6) is -0.564. The predicted molar refractivity (Wildman–Crippen MR) is 67.3 cm³/mol. The molecule has 1 heterocycles. The predicted octanol–water partition coefficient (Wildman–Crippen LogP) is 1.46. The SMILES string of the molecule is CNC(=O)CCOC(=O)c1ccc2[nH]ccc2c1. The van der Waals surface area contributed by atoms with Crippen LogP contribution in [0.4, 0.5) is 0 Å².